The standard InChI is InChI=1S/C23H18Cl2N6OS2/c24-18-13-26-9-5-16(18)22-28-19-2-1-8-27-23(19)31(22)14-6-10-30(11-7-14)34(32)15-3-4-20-17(12-15)21(25)29-33-20/h1-5,8-9,12-14H,6-7,10-11H2. The van der Waals surface area contributed by atoms with Gasteiger partial charge in [-0.05, 0) is 60.8 Å². The van der Waals surface area contributed by atoms with Crippen molar-refractivity contribution in [1.82, 2.24) is 28.2 Å². The van der Waals surface area contributed by atoms with Crippen LogP contribution in [0.15, 0.2) is 59.9 Å². The zero-order valence-electron chi connectivity index (χ0n) is 17.8. The molecule has 0 aliphatic carbocycles. The van der Waals surface area contributed by atoms with E-state index in [9.17, 15) is 4.21 Å². The molecule has 11 heteroatoms. The number of nitrogens with zero attached hydrogens (tertiary/aromatic N) is 6. The average molecular weight is 529 g/mol. The summed E-state index contributed by atoms with van der Waals surface area (Å²) in [5.74, 6) is 0.783. The Hall–Kier alpha value is -2.43. The van der Waals surface area contributed by atoms with E-state index in [1.165, 1.54) is 11.5 Å². The number of hydrogen-bond acceptors (Lipinski definition) is 6. The molecule has 0 saturated carbocycles. The van der Waals surface area contributed by atoms with Crippen LogP contribution in [0, 0.1) is 0 Å². The van der Waals surface area contributed by atoms with Gasteiger partial charge in [-0.15, -0.1) is 0 Å². The van der Waals surface area contributed by atoms with Gasteiger partial charge in [0.05, 0.1) is 14.6 Å². The summed E-state index contributed by atoms with van der Waals surface area (Å²) in [4.78, 5) is 14.3. The first-order valence-electron chi connectivity index (χ1n) is 10.7. The molecule has 5 aromatic rings. The number of aromatic nitrogens is 5. The third-order valence-corrected chi connectivity index (χ3v) is 9.09. The SMILES string of the molecule is O=S(c1ccc2snc(Cl)c2c1)N1CCC(n2c(-c3ccncc3Cl)nc3cccnc32)CC1. The monoisotopic (exact) mass is 528 g/mol. The molecule has 0 radical (unpaired) electrons. The molecule has 7 nitrogen and oxygen atoms in total. The van der Waals surface area contributed by atoms with Crippen molar-refractivity contribution in [2.75, 3.05) is 13.1 Å². The Morgan fingerprint density at radius 2 is 1.94 bits per heavy atom. The van der Waals surface area contributed by atoms with Gasteiger partial charge in [-0.3, -0.25) is 4.98 Å². The second-order valence-corrected chi connectivity index (χ2v) is 11.1. The second-order valence-electron chi connectivity index (χ2n) is 8.05. The van der Waals surface area contributed by atoms with Crippen molar-refractivity contribution in [3.8, 4) is 11.4 Å². The molecule has 0 bridgehead atoms. The minimum atomic E-state index is -1.27. The van der Waals surface area contributed by atoms with Crippen molar-refractivity contribution in [2.24, 2.45) is 0 Å². The van der Waals surface area contributed by atoms with Crippen molar-refractivity contribution in [2.45, 2.75) is 23.8 Å². The largest absolute Gasteiger partial charge is 0.305 e. The molecule has 1 atom stereocenters. The maximum atomic E-state index is 13.3. The molecule has 0 spiro atoms. The van der Waals surface area contributed by atoms with Crippen molar-refractivity contribution in [3.05, 3.63) is 65.2 Å². The lowest BCUT2D eigenvalue weighted by atomic mass is 10.1. The summed E-state index contributed by atoms with van der Waals surface area (Å²) in [5.41, 5.74) is 2.48. The van der Waals surface area contributed by atoms with Gasteiger partial charge in [0.2, 0.25) is 0 Å². The van der Waals surface area contributed by atoms with Gasteiger partial charge in [0.1, 0.15) is 22.3 Å². The van der Waals surface area contributed by atoms with Crippen molar-refractivity contribution < 1.29 is 4.21 Å². The number of halogens is 2. The van der Waals surface area contributed by atoms with E-state index >= 15 is 0 Å². The topological polar surface area (TPSA) is 76.8 Å². The summed E-state index contributed by atoms with van der Waals surface area (Å²) in [7, 11) is -1.27. The van der Waals surface area contributed by atoms with Gasteiger partial charge in [-0.2, -0.15) is 4.37 Å². The van der Waals surface area contributed by atoms with Gasteiger partial charge in [-0.1, -0.05) is 23.2 Å². The normalized spacial score (nSPS) is 16.4. The summed E-state index contributed by atoms with van der Waals surface area (Å²) < 4.78 is 22.7. The summed E-state index contributed by atoms with van der Waals surface area (Å²) in [6.45, 7) is 1.36. The van der Waals surface area contributed by atoms with Crippen LogP contribution in [-0.2, 0) is 11.0 Å². The Bertz CT molecular complexity index is 1540. The molecule has 5 heterocycles. The predicted molar refractivity (Wildman–Crippen MR) is 137 cm³/mol. The molecule has 0 N–H and O–H groups in total. The van der Waals surface area contributed by atoms with Crippen LogP contribution in [0.5, 0.6) is 0 Å². The highest BCUT2D eigenvalue weighted by Gasteiger charge is 2.29. The fourth-order valence-corrected chi connectivity index (χ4v) is 6.86. The fourth-order valence-electron chi connectivity index (χ4n) is 4.43. The van der Waals surface area contributed by atoms with Crippen molar-refractivity contribution in [1.29, 1.82) is 0 Å². The molecule has 34 heavy (non-hydrogen) atoms. The van der Waals surface area contributed by atoms with Crippen molar-refractivity contribution in [3.63, 3.8) is 0 Å². The van der Waals surface area contributed by atoms with E-state index in [0.717, 1.165) is 50.4 Å². The van der Waals surface area contributed by atoms with E-state index in [1.807, 2.05) is 40.7 Å². The molecule has 1 unspecified atom stereocenters. The lowest BCUT2D eigenvalue weighted by Gasteiger charge is -2.32. The van der Waals surface area contributed by atoms with E-state index in [-0.39, 0.29) is 6.04 Å². The highest BCUT2D eigenvalue weighted by atomic mass is 35.5. The maximum absolute atomic E-state index is 13.3. The molecule has 1 aromatic carbocycles. The zero-order valence-corrected chi connectivity index (χ0v) is 20.9. The fraction of sp³-hybridized carbons (Fsp3) is 0.217. The Balaban J connectivity index is 1.29. The van der Waals surface area contributed by atoms with Crippen LogP contribution in [0.25, 0.3) is 32.6 Å². The molecule has 4 aromatic heterocycles. The number of imidazole rings is 1. The quantitative estimate of drug-likeness (QED) is 0.296. The molecule has 1 fully saturated rings. The number of fused-ring (bicyclic) bond motifs is 2. The lowest BCUT2D eigenvalue weighted by Crippen LogP contribution is -2.36. The van der Waals surface area contributed by atoms with Gasteiger partial charge in [0, 0.05) is 48.7 Å². The van der Waals surface area contributed by atoms with Crippen LogP contribution in [0.1, 0.15) is 18.9 Å². The van der Waals surface area contributed by atoms with Crippen molar-refractivity contribution >= 4 is 67.0 Å². The molecule has 6 rings (SSSR count). The Kier molecular flexibility index (Phi) is 5.82. The molecule has 1 aliphatic heterocycles. The number of pyridine rings is 2. The Labute approximate surface area is 212 Å². The van der Waals surface area contributed by atoms with Gasteiger partial charge in [0.15, 0.2) is 10.8 Å². The number of benzene rings is 1. The predicted octanol–water partition coefficient (Wildman–Crippen LogP) is 5.77. The Morgan fingerprint density at radius 1 is 1.09 bits per heavy atom. The third kappa shape index (κ3) is 3.81. The van der Waals surface area contributed by atoms with Gasteiger partial charge in [0.25, 0.3) is 0 Å². The van der Waals surface area contributed by atoms with E-state index in [1.54, 1.807) is 18.6 Å². The van der Waals surface area contributed by atoms with Gasteiger partial charge >= 0.3 is 0 Å². The van der Waals surface area contributed by atoms with Gasteiger partial charge in [-0.25, -0.2) is 18.5 Å². The first-order valence-corrected chi connectivity index (χ1v) is 13.4. The van der Waals surface area contributed by atoms with Crippen LogP contribution in [-0.4, -0.2) is 45.5 Å². The first-order chi connectivity index (χ1) is 16.6. The minimum Gasteiger partial charge on any atom is -0.305 e. The van der Waals surface area contributed by atoms with Crippen LogP contribution in [0.3, 0.4) is 0 Å². The molecule has 1 saturated heterocycles. The highest BCUT2D eigenvalue weighted by Crippen LogP contribution is 2.36. The van der Waals surface area contributed by atoms with E-state index in [0.29, 0.717) is 23.3 Å². The van der Waals surface area contributed by atoms with Gasteiger partial charge < -0.3 is 4.57 Å². The summed E-state index contributed by atoms with van der Waals surface area (Å²) in [5, 5.41) is 1.86. The molecular weight excluding hydrogens is 511 g/mol. The maximum Gasteiger partial charge on any atom is 0.160 e. The third-order valence-electron chi connectivity index (χ3n) is 6.08. The van der Waals surface area contributed by atoms with Crippen LogP contribution in [0.4, 0.5) is 0 Å². The zero-order chi connectivity index (χ0) is 23.2. The van der Waals surface area contributed by atoms with E-state index in [2.05, 4.69) is 18.9 Å². The Morgan fingerprint density at radius 3 is 2.76 bits per heavy atom. The van der Waals surface area contributed by atoms with Crippen LogP contribution >= 0.6 is 34.7 Å². The lowest BCUT2D eigenvalue weighted by molar-refractivity contribution is 0.288. The number of piperidine rings is 1. The van der Waals surface area contributed by atoms with Crippen LogP contribution in [0.2, 0.25) is 10.2 Å². The van der Waals surface area contributed by atoms with Crippen LogP contribution < -0.4 is 0 Å². The number of rotatable bonds is 4. The molecular formula is C23H18Cl2N6OS2. The molecule has 1 aliphatic rings. The average Bonchev–Trinajstić information content (AvgIpc) is 3.44. The highest BCUT2D eigenvalue weighted by molar-refractivity contribution is 7.82. The first kappa shape index (κ1) is 22.1. The molecule has 0 amide bonds. The number of hydrogen-bond donors (Lipinski definition) is 0. The minimum absolute atomic E-state index is 0.158. The van der Waals surface area contributed by atoms with E-state index < -0.39 is 11.0 Å². The summed E-state index contributed by atoms with van der Waals surface area (Å²) in [6.07, 6.45) is 6.75. The van der Waals surface area contributed by atoms with E-state index in [4.69, 9.17) is 28.2 Å². The summed E-state index contributed by atoms with van der Waals surface area (Å²) in [6, 6.07) is 11.6. The smallest absolute Gasteiger partial charge is 0.160 e. The second kappa shape index (κ2) is 8.98. The molecule has 172 valence electrons. The summed E-state index contributed by atoms with van der Waals surface area (Å²) >= 11 is 14.0.